The van der Waals surface area contributed by atoms with Gasteiger partial charge in [-0.1, -0.05) is 42.5 Å². The van der Waals surface area contributed by atoms with Gasteiger partial charge in [0.2, 0.25) is 0 Å². The van der Waals surface area contributed by atoms with Crippen molar-refractivity contribution in [3.63, 3.8) is 0 Å². The van der Waals surface area contributed by atoms with Crippen LogP contribution in [-0.2, 0) is 0 Å². The van der Waals surface area contributed by atoms with Gasteiger partial charge in [-0.25, -0.2) is 0 Å². The van der Waals surface area contributed by atoms with E-state index in [1.54, 1.807) is 0 Å². The van der Waals surface area contributed by atoms with Crippen LogP contribution in [0.25, 0.3) is 12.2 Å². The van der Waals surface area contributed by atoms with Crippen molar-refractivity contribution in [2.24, 2.45) is 0 Å². The SMILES string of the molecule is CNc1cccc(/C=C/c2ccccc2N)c1. The fraction of sp³-hybridized carbons (Fsp3) is 0.0667. The van der Waals surface area contributed by atoms with Crippen LogP contribution in [0, 0.1) is 0 Å². The highest BCUT2D eigenvalue weighted by Gasteiger charge is 1.93. The molecule has 0 radical (unpaired) electrons. The summed E-state index contributed by atoms with van der Waals surface area (Å²) in [5.74, 6) is 0. The number of anilines is 2. The molecule has 86 valence electrons. The third kappa shape index (κ3) is 2.88. The summed E-state index contributed by atoms with van der Waals surface area (Å²) < 4.78 is 0. The first-order valence-electron chi connectivity index (χ1n) is 5.60. The summed E-state index contributed by atoms with van der Waals surface area (Å²) >= 11 is 0. The molecule has 0 unspecified atom stereocenters. The number of nitrogen functional groups attached to an aromatic ring is 1. The van der Waals surface area contributed by atoms with Crippen LogP contribution in [0.5, 0.6) is 0 Å². The zero-order valence-corrected chi connectivity index (χ0v) is 9.85. The summed E-state index contributed by atoms with van der Waals surface area (Å²) in [4.78, 5) is 0. The van der Waals surface area contributed by atoms with Crippen LogP contribution in [0.3, 0.4) is 0 Å². The first-order chi connectivity index (χ1) is 8.29. The van der Waals surface area contributed by atoms with Crippen LogP contribution in [0.15, 0.2) is 48.5 Å². The molecule has 2 rings (SSSR count). The summed E-state index contributed by atoms with van der Waals surface area (Å²) in [6, 6.07) is 16.1. The molecule has 0 heterocycles. The summed E-state index contributed by atoms with van der Waals surface area (Å²) in [6.07, 6.45) is 4.09. The zero-order valence-electron chi connectivity index (χ0n) is 9.85. The highest BCUT2D eigenvalue weighted by Crippen LogP contribution is 2.16. The number of para-hydroxylation sites is 1. The molecule has 0 fully saturated rings. The van der Waals surface area contributed by atoms with Gasteiger partial charge in [-0.05, 0) is 29.3 Å². The third-order valence-electron chi connectivity index (χ3n) is 2.63. The molecule has 3 N–H and O–H groups in total. The van der Waals surface area contributed by atoms with E-state index in [0.717, 1.165) is 22.5 Å². The minimum absolute atomic E-state index is 0.800. The lowest BCUT2D eigenvalue weighted by molar-refractivity contribution is 1.50. The van der Waals surface area contributed by atoms with E-state index in [1.165, 1.54) is 0 Å². The summed E-state index contributed by atoms with van der Waals surface area (Å²) in [5, 5.41) is 3.12. The maximum atomic E-state index is 5.88. The van der Waals surface area contributed by atoms with E-state index < -0.39 is 0 Å². The molecule has 0 atom stereocenters. The van der Waals surface area contributed by atoms with E-state index in [2.05, 4.69) is 23.5 Å². The topological polar surface area (TPSA) is 38.0 Å². The Morgan fingerprint density at radius 3 is 2.59 bits per heavy atom. The monoisotopic (exact) mass is 224 g/mol. The predicted octanol–water partition coefficient (Wildman–Crippen LogP) is 3.48. The largest absolute Gasteiger partial charge is 0.398 e. The van der Waals surface area contributed by atoms with Gasteiger partial charge in [-0.3, -0.25) is 0 Å². The molecule has 2 nitrogen and oxygen atoms in total. The number of hydrogen-bond donors (Lipinski definition) is 2. The number of rotatable bonds is 3. The van der Waals surface area contributed by atoms with Crippen LogP contribution < -0.4 is 11.1 Å². The lowest BCUT2D eigenvalue weighted by Crippen LogP contribution is -1.88. The summed E-state index contributed by atoms with van der Waals surface area (Å²) in [7, 11) is 1.91. The van der Waals surface area contributed by atoms with Crippen LogP contribution in [0.2, 0.25) is 0 Å². The van der Waals surface area contributed by atoms with Crippen LogP contribution in [0.1, 0.15) is 11.1 Å². The minimum Gasteiger partial charge on any atom is -0.398 e. The van der Waals surface area contributed by atoms with Gasteiger partial charge in [0.25, 0.3) is 0 Å². The smallest absolute Gasteiger partial charge is 0.0387 e. The average molecular weight is 224 g/mol. The molecule has 2 aromatic rings. The first kappa shape index (κ1) is 11.3. The van der Waals surface area contributed by atoms with Crippen LogP contribution >= 0.6 is 0 Å². The fourth-order valence-corrected chi connectivity index (χ4v) is 1.65. The highest BCUT2D eigenvalue weighted by atomic mass is 14.8. The molecule has 2 aromatic carbocycles. The number of hydrogen-bond acceptors (Lipinski definition) is 2. The average Bonchev–Trinajstić information content (AvgIpc) is 2.38. The molecule has 0 aliphatic rings. The molecule has 0 spiro atoms. The van der Waals surface area contributed by atoms with Gasteiger partial charge in [0.15, 0.2) is 0 Å². The van der Waals surface area contributed by atoms with Crippen molar-refractivity contribution in [1.82, 2.24) is 0 Å². The van der Waals surface area contributed by atoms with Crippen molar-refractivity contribution in [2.45, 2.75) is 0 Å². The van der Waals surface area contributed by atoms with Gasteiger partial charge < -0.3 is 11.1 Å². The van der Waals surface area contributed by atoms with Crippen LogP contribution in [-0.4, -0.2) is 7.05 Å². The van der Waals surface area contributed by atoms with Crippen molar-refractivity contribution in [1.29, 1.82) is 0 Å². The van der Waals surface area contributed by atoms with Crippen LogP contribution in [0.4, 0.5) is 11.4 Å². The molecule has 2 heteroatoms. The molecule has 0 aliphatic heterocycles. The Morgan fingerprint density at radius 1 is 1.00 bits per heavy atom. The predicted molar refractivity (Wildman–Crippen MR) is 75.8 cm³/mol. The number of benzene rings is 2. The van der Waals surface area contributed by atoms with Gasteiger partial charge in [-0.2, -0.15) is 0 Å². The van der Waals surface area contributed by atoms with Gasteiger partial charge >= 0.3 is 0 Å². The van der Waals surface area contributed by atoms with Gasteiger partial charge in [0.1, 0.15) is 0 Å². The van der Waals surface area contributed by atoms with Gasteiger partial charge in [0, 0.05) is 18.4 Å². The van der Waals surface area contributed by atoms with Gasteiger partial charge in [0.05, 0.1) is 0 Å². The fourth-order valence-electron chi connectivity index (χ4n) is 1.65. The van der Waals surface area contributed by atoms with Crippen molar-refractivity contribution < 1.29 is 0 Å². The van der Waals surface area contributed by atoms with Crippen molar-refractivity contribution >= 4 is 23.5 Å². The summed E-state index contributed by atoms with van der Waals surface area (Å²) in [6.45, 7) is 0. The molecule has 0 saturated carbocycles. The zero-order chi connectivity index (χ0) is 12.1. The van der Waals surface area contributed by atoms with E-state index in [-0.39, 0.29) is 0 Å². The number of nitrogens with two attached hydrogens (primary N) is 1. The Balaban J connectivity index is 2.23. The number of nitrogens with one attached hydrogen (secondary N) is 1. The second kappa shape index (κ2) is 5.21. The molecule has 17 heavy (non-hydrogen) atoms. The highest BCUT2D eigenvalue weighted by molar-refractivity contribution is 5.76. The minimum atomic E-state index is 0.800. The van der Waals surface area contributed by atoms with Crippen molar-refractivity contribution in [3.05, 3.63) is 59.7 Å². The first-order valence-corrected chi connectivity index (χ1v) is 5.60. The molecule has 0 aliphatic carbocycles. The molecule has 0 bridgehead atoms. The quantitative estimate of drug-likeness (QED) is 0.618. The second-order valence-electron chi connectivity index (χ2n) is 3.84. The third-order valence-corrected chi connectivity index (χ3v) is 2.63. The Bertz CT molecular complexity index is 530. The second-order valence-corrected chi connectivity index (χ2v) is 3.84. The Labute approximate surface area is 102 Å². The molecular formula is C15H16N2. The van der Waals surface area contributed by atoms with Gasteiger partial charge in [-0.15, -0.1) is 0 Å². The van der Waals surface area contributed by atoms with E-state index in [1.807, 2.05) is 49.5 Å². The summed E-state index contributed by atoms with van der Waals surface area (Å²) in [5.41, 5.74) is 9.98. The van der Waals surface area contributed by atoms with Crippen molar-refractivity contribution in [2.75, 3.05) is 18.1 Å². The maximum absolute atomic E-state index is 5.88. The lowest BCUT2D eigenvalue weighted by atomic mass is 10.1. The standard InChI is InChI=1S/C15H16N2/c1-17-14-7-4-5-12(11-14)9-10-13-6-2-3-8-15(13)16/h2-11,17H,16H2,1H3/b10-9+. The molecule has 0 saturated heterocycles. The maximum Gasteiger partial charge on any atom is 0.0387 e. The molecule has 0 amide bonds. The normalized spacial score (nSPS) is 10.6. The molecular weight excluding hydrogens is 208 g/mol. The Hall–Kier alpha value is -2.22. The van der Waals surface area contributed by atoms with E-state index >= 15 is 0 Å². The van der Waals surface area contributed by atoms with E-state index in [4.69, 9.17) is 5.73 Å². The van der Waals surface area contributed by atoms with E-state index in [9.17, 15) is 0 Å². The molecule has 0 aromatic heterocycles. The van der Waals surface area contributed by atoms with Crippen molar-refractivity contribution in [3.8, 4) is 0 Å². The Morgan fingerprint density at radius 2 is 1.82 bits per heavy atom. The lowest BCUT2D eigenvalue weighted by Gasteiger charge is -2.01. The Kier molecular flexibility index (Phi) is 3.46. The van der Waals surface area contributed by atoms with E-state index in [0.29, 0.717) is 0 Å².